The largest absolute Gasteiger partial charge is 0.444 e. The second-order valence-corrected chi connectivity index (χ2v) is 8.23. The van der Waals surface area contributed by atoms with Crippen molar-refractivity contribution in [2.75, 3.05) is 36.8 Å². The Bertz CT molecular complexity index is 747. The third-order valence-electron chi connectivity index (χ3n) is 4.55. The van der Waals surface area contributed by atoms with Crippen molar-refractivity contribution in [3.63, 3.8) is 0 Å². The highest BCUT2D eigenvalue weighted by molar-refractivity contribution is 5.95. The molecule has 1 saturated heterocycles. The van der Waals surface area contributed by atoms with Crippen molar-refractivity contribution in [1.82, 2.24) is 9.80 Å². The summed E-state index contributed by atoms with van der Waals surface area (Å²) in [7, 11) is 0. The fourth-order valence-electron chi connectivity index (χ4n) is 2.89. The molecule has 0 unspecified atom stereocenters. The van der Waals surface area contributed by atoms with Crippen LogP contribution in [0.1, 0.15) is 33.6 Å². The van der Waals surface area contributed by atoms with Crippen molar-refractivity contribution in [2.45, 2.75) is 39.2 Å². The summed E-state index contributed by atoms with van der Waals surface area (Å²) in [6.45, 7) is 7.22. The van der Waals surface area contributed by atoms with Gasteiger partial charge in [0.15, 0.2) is 0 Å². The van der Waals surface area contributed by atoms with Crippen LogP contribution >= 0.6 is 0 Å². The SMILES string of the molecule is CC(C)(C)OC(=O)N1CCN(C(=O)Nc2cccc(NC(=O)C3CC3)c2)CC1. The molecule has 0 atom stereocenters. The lowest BCUT2D eigenvalue weighted by Crippen LogP contribution is -2.52. The molecule has 2 N–H and O–H groups in total. The Balaban J connectivity index is 1.49. The Labute approximate surface area is 165 Å². The lowest BCUT2D eigenvalue weighted by molar-refractivity contribution is -0.117. The van der Waals surface area contributed by atoms with Crippen LogP contribution in [-0.2, 0) is 9.53 Å². The van der Waals surface area contributed by atoms with Gasteiger partial charge in [-0.15, -0.1) is 0 Å². The molecule has 0 radical (unpaired) electrons. The van der Waals surface area contributed by atoms with Gasteiger partial charge in [0.2, 0.25) is 5.91 Å². The molecule has 0 bridgehead atoms. The number of rotatable bonds is 3. The molecule has 1 aliphatic carbocycles. The molecule has 1 aliphatic heterocycles. The van der Waals surface area contributed by atoms with E-state index in [9.17, 15) is 14.4 Å². The first-order valence-corrected chi connectivity index (χ1v) is 9.66. The molecule has 1 aromatic carbocycles. The van der Waals surface area contributed by atoms with Gasteiger partial charge in [0.25, 0.3) is 0 Å². The number of hydrogen-bond donors (Lipinski definition) is 2. The number of carbonyl (C=O) groups excluding carboxylic acids is 3. The van der Waals surface area contributed by atoms with Crippen LogP contribution in [0.2, 0.25) is 0 Å². The van der Waals surface area contributed by atoms with Crippen molar-refractivity contribution in [3.8, 4) is 0 Å². The fourth-order valence-corrected chi connectivity index (χ4v) is 2.89. The van der Waals surface area contributed by atoms with Crippen LogP contribution in [0.25, 0.3) is 0 Å². The molecule has 152 valence electrons. The number of piperazine rings is 1. The molecule has 0 aromatic heterocycles. The van der Waals surface area contributed by atoms with Crippen molar-refractivity contribution < 1.29 is 19.1 Å². The number of nitrogens with zero attached hydrogens (tertiary/aromatic N) is 2. The number of urea groups is 1. The van der Waals surface area contributed by atoms with E-state index in [1.54, 1.807) is 34.1 Å². The van der Waals surface area contributed by atoms with E-state index in [0.717, 1.165) is 12.8 Å². The van der Waals surface area contributed by atoms with E-state index < -0.39 is 5.60 Å². The topological polar surface area (TPSA) is 91.0 Å². The zero-order valence-electron chi connectivity index (χ0n) is 16.7. The van der Waals surface area contributed by atoms with Crippen LogP contribution in [0.4, 0.5) is 21.0 Å². The predicted molar refractivity (Wildman–Crippen MR) is 106 cm³/mol. The van der Waals surface area contributed by atoms with E-state index in [1.807, 2.05) is 20.8 Å². The zero-order valence-corrected chi connectivity index (χ0v) is 16.7. The summed E-state index contributed by atoms with van der Waals surface area (Å²) in [5, 5.41) is 5.73. The monoisotopic (exact) mass is 388 g/mol. The second-order valence-electron chi connectivity index (χ2n) is 8.23. The van der Waals surface area contributed by atoms with Gasteiger partial charge in [-0.1, -0.05) is 6.07 Å². The zero-order chi connectivity index (χ0) is 20.3. The Morgan fingerprint density at radius 3 is 2.11 bits per heavy atom. The summed E-state index contributed by atoms with van der Waals surface area (Å²) >= 11 is 0. The molecule has 2 fully saturated rings. The average Bonchev–Trinajstić information content (AvgIpc) is 3.46. The predicted octanol–water partition coefficient (Wildman–Crippen LogP) is 3.12. The molecule has 1 heterocycles. The van der Waals surface area contributed by atoms with Crippen LogP contribution in [0.15, 0.2) is 24.3 Å². The maximum absolute atomic E-state index is 12.5. The van der Waals surface area contributed by atoms with Gasteiger partial charge in [-0.3, -0.25) is 4.79 Å². The summed E-state index contributed by atoms with van der Waals surface area (Å²) in [5.41, 5.74) is 0.753. The van der Waals surface area contributed by atoms with Crippen LogP contribution in [0.5, 0.6) is 0 Å². The van der Waals surface area contributed by atoms with Gasteiger partial charge < -0.3 is 25.2 Å². The molecule has 4 amide bonds. The maximum Gasteiger partial charge on any atom is 0.410 e. The van der Waals surface area contributed by atoms with E-state index in [1.165, 1.54) is 0 Å². The van der Waals surface area contributed by atoms with Crippen LogP contribution in [0, 0.1) is 5.92 Å². The quantitative estimate of drug-likeness (QED) is 0.832. The summed E-state index contributed by atoms with van der Waals surface area (Å²) in [6, 6.07) is 6.89. The molecule has 8 nitrogen and oxygen atoms in total. The summed E-state index contributed by atoms with van der Waals surface area (Å²) in [5.74, 6) is 0.154. The van der Waals surface area contributed by atoms with Crippen molar-refractivity contribution in [2.24, 2.45) is 5.92 Å². The standard InChI is InChI=1S/C20H28N4O4/c1-20(2,3)28-19(27)24-11-9-23(10-12-24)18(26)22-16-6-4-5-15(13-16)21-17(25)14-7-8-14/h4-6,13-14H,7-12H2,1-3H3,(H,21,25)(H,22,26). The molecule has 28 heavy (non-hydrogen) atoms. The second kappa shape index (κ2) is 8.08. The average molecular weight is 388 g/mol. The van der Waals surface area contributed by atoms with E-state index in [4.69, 9.17) is 4.74 Å². The summed E-state index contributed by atoms with van der Waals surface area (Å²) in [6.07, 6.45) is 1.53. The third-order valence-corrected chi connectivity index (χ3v) is 4.55. The molecule has 3 rings (SSSR count). The van der Waals surface area contributed by atoms with Crippen LogP contribution in [-0.4, -0.2) is 59.6 Å². The van der Waals surface area contributed by atoms with Crippen molar-refractivity contribution in [3.05, 3.63) is 24.3 Å². The Morgan fingerprint density at radius 1 is 0.964 bits per heavy atom. The Hall–Kier alpha value is -2.77. The molecule has 1 aromatic rings. The number of carbonyl (C=O) groups is 3. The van der Waals surface area contributed by atoms with Crippen molar-refractivity contribution in [1.29, 1.82) is 0 Å². The number of hydrogen-bond acceptors (Lipinski definition) is 4. The van der Waals surface area contributed by atoms with Gasteiger partial charge in [0, 0.05) is 43.5 Å². The van der Waals surface area contributed by atoms with Crippen LogP contribution < -0.4 is 10.6 Å². The van der Waals surface area contributed by atoms with Gasteiger partial charge in [0.1, 0.15) is 5.60 Å². The van der Waals surface area contributed by atoms with E-state index >= 15 is 0 Å². The lowest BCUT2D eigenvalue weighted by Gasteiger charge is -2.35. The van der Waals surface area contributed by atoms with Crippen LogP contribution in [0.3, 0.4) is 0 Å². The minimum absolute atomic E-state index is 0.0294. The van der Waals surface area contributed by atoms with Gasteiger partial charge in [-0.2, -0.15) is 0 Å². The van der Waals surface area contributed by atoms with Gasteiger partial charge >= 0.3 is 12.1 Å². The van der Waals surface area contributed by atoms with Gasteiger partial charge in [0.05, 0.1) is 0 Å². The molecular weight excluding hydrogens is 360 g/mol. The number of benzene rings is 1. The molecule has 1 saturated carbocycles. The van der Waals surface area contributed by atoms with Crippen molar-refractivity contribution >= 4 is 29.4 Å². The van der Waals surface area contributed by atoms with E-state index in [-0.39, 0.29) is 23.9 Å². The molecule has 8 heteroatoms. The molecule has 0 spiro atoms. The highest BCUT2D eigenvalue weighted by Crippen LogP contribution is 2.30. The lowest BCUT2D eigenvalue weighted by atomic mass is 10.2. The minimum atomic E-state index is -0.536. The number of anilines is 2. The molecular formula is C20H28N4O4. The normalized spacial score (nSPS) is 17.1. The number of ether oxygens (including phenoxy) is 1. The fraction of sp³-hybridized carbons (Fsp3) is 0.550. The van der Waals surface area contributed by atoms with Gasteiger partial charge in [-0.05, 0) is 51.8 Å². The summed E-state index contributed by atoms with van der Waals surface area (Å²) in [4.78, 5) is 39.8. The highest BCUT2D eigenvalue weighted by Gasteiger charge is 2.30. The van der Waals surface area contributed by atoms with E-state index in [2.05, 4.69) is 10.6 Å². The molecule has 2 aliphatic rings. The number of nitrogens with one attached hydrogen (secondary N) is 2. The highest BCUT2D eigenvalue weighted by atomic mass is 16.6. The third kappa shape index (κ3) is 5.61. The first kappa shape index (κ1) is 20.0. The first-order valence-electron chi connectivity index (χ1n) is 9.66. The summed E-state index contributed by atoms with van der Waals surface area (Å²) < 4.78 is 5.37. The Kier molecular flexibility index (Phi) is 5.76. The minimum Gasteiger partial charge on any atom is -0.444 e. The smallest absolute Gasteiger partial charge is 0.410 e. The van der Waals surface area contributed by atoms with E-state index in [0.29, 0.717) is 37.6 Å². The Morgan fingerprint density at radius 2 is 1.54 bits per heavy atom. The maximum atomic E-state index is 12.5. The first-order chi connectivity index (χ1) is 13.2. The van der Waals surface area contributed by atoms with Gasteiger partial charge in [-0.25, -0.2) is 9.59 Å². The number of amides is 4.